The van der Waals surface area contributed by atoms with E-state index in [-0.39, 0.29) is 17.4 Å². The quantitative estimate of drug-likeness (QED) is 0.145. The van der Waals surface area contributed by atoms with Crippen molar-refractivity contribution in [3.8, 4) is 0 Å². The molecule has 0 saturated carbocycles. The molecule has 1 aliphatic heterocycles. The fourth-order valence-corrected chi connectivity index (χ4v) is 5.18. The number of non-ortho nitro benzene ring substituents is 2. The summed E-state index contributed by atoms with van der Waals surface area (Å²) < 4.78 is 5.29. The van der Waals surface area contributed by atoms with E-state index in [9.17, 15) is 25.0 Å². The molecular formula is C31H26N4O6. The van der Waals surface area contributed by atoms with E-state index in [1.165, 1.54) is 31.4 Å². The first-order chi connectivity index (χ1) is 19.9. The number of nitro benzene ring substituents is 2. The first kappa shape index (κ1) is 27.1. The predicted octanol–water partition coefficient (Wildman–Crippen LogP) is 6.73. The van der Waals surface area contributed by atoms with Crippen LogP contribution in [0.4, 0.5) is 22.7 Å². The Morgan fingerprint density at radius 2 is 1.29 bits per heavy atom. The van der Waals surface area contributed by atoms with Crippen LogP contribution in [0.3, 0.4) is 0 Å². The minimum atomic E-state index is -0.717. The standard InChI is InChI=1S/C31H26N4O6/c1-41-31(36)29-27(32-23-8-4-2-5-9-23)20-28(21-12-16-25(17-13-21)34(37)38)33(24-10-6-3-7-11-24)30(29)22-14-18-26(19-15-22)35(39)40/h2-19,28,30,32H,20H2,1H3/t28-,30+/m0/s1. The Kier molecular flexibility index (Phi) is 7.73. The molecule has 0 saturated heterocycles. The Labute approximate surface area is 235 Å². The van der Waals surface area contributed by atoms with E-state index in [0.29, 0.717) is 23.3 Å². The van der Waals surface area contributed by atoms with Crippen LogP contribution in [-0.2, 0) is 9.53 Å². The zero-order chi connectivity index (χ0) is 28.9. The Morgan fingerprint density at radius 3 is 1.80 bits per heavy atom. The van der Waals surface area contributed by atoms with Gasteiger partial charge >= 0.3 is 5.97 Å². The van der Waals surface area contributed by atoms with Crippen molar-refractivity contribution in [2.75, 3.05) is 17.3 Å². The molecule has 0 bridgehead atoms. The highest BCUT2D eigenvalue weighted by Gasteiger charge is 2.42. The average Bonchev–Trinajstić information content (AvgIpc) is 3.01. The van der Waals surface area contributed by atoms with Crippen LogP contribution in [0.5, 0.6) is 0 Å². The van der Waals surface area contributed by atoms with Gasteiger partial charge in [-0.2, -0.15) is 0 Å². The molecule has 2 atom stereocenters. The van der Waals surface area contributed by atoms with Crippen LogP contribution in [0.15, 0.2) is 120 Å². The molecule has 4 aromatic rings. The minimum Gasteiger partial charge on any atom is -0.466 e. The number of benzene rings is 4. The lowest BCUT2D eigenvalue weighted by Gasteiger charge is -2.45. The van der Waals surface area contributed by atoms with Crippen LogP contribution < -0.4 is 10.2 Å². The molecule has 0 fully saturated rings. The van der Waals surface area contributed by atoms with E-state index >= 15 is 0 Å². The number of para-hydroxylation sites is 2. The summed E-state index contributed by atoms with van der Waals surface area (Å²) in [6.07, 6.45) is 0.343. The second-order valence-electron chi connectivity index (χ2n) is 9.44. The Morgan fingerprint density at radius 1 is 0.780 bits per heavy atom. The third-order valence-corrected chi connectivity index (χ3v) is 7.05. The number of esters is 1. The van der Waals surface area contributed by atoms with Crippen molar-refractivity contribution in [2.24, 2.45) is 0 Å². The first-order valence-electron chi connectivity index (χ1n) is 12.8. The first-order valence-corrected chi connectivity index (χ1v) is 12.8. The summed E-state index contributed by atoms with van der Waals surface area (Å²) in [7, 11) is 1.32. The number of nitro groups is 2. The molecule has 1 heterocycles. The highest BCUT2D eigenvalue weighted by molar-refractivity contribution is 5.93. The van der Waals surface area contributed by atoms with Crippen molar-refractivity contribution in [3.63, 3.8) is 0 Å². The summed E-state index contributed by atoms with van der Waals surface area (Å²) >= 11 is 0. The van der Waals surface area contributed by atoms with Crippen LogP contribution in [0.25, 0.3) is 0 Å². The van der Waals surface area contributed by atoms with Crippen LogP contribution in [0.2, 0.25) is 0 Å². The fraction of sp³-hybridized carbons (Fsp3) is 0.129. The van der Waals surface area contributed by atoms with Gasteiger partial charge in [0.05, 0.1) is 34.6 Å². The van der Waals surface area contributed by atoms with Gasteiger partial charge in [0.1, 0.15) is 0 Å². The maximum absolute atomic E-state index is 13.5. The number of carbonyl (C=O) groups is 1. The molecule has 5 rings (SSSR count). The number of rotatable bonds is 8. The van der Waals surface area contributed by atoms with Gasteiger partial charge in [0.15, 0.2) is 0 Å². The molecule has 0 radical (unpaired) electrons. The van der Waals surface area contributed by atoms with Crippen molar-refractivity contribution >= 4 is 28.7 Å². The topological polar surface area (TPSA) is 128 Å². The maximum Gasteiger partial charge on any atom is 0.337 e. The van der Waals surface area contributed by atoms with Crippen molar-refractivity contribution in [3.05, 3.63) is 152 Å². The molecule has 1 N–H and O–H groups in total. The monoisotopic (exact) mass is 550 g/mol. The van der Waals surface area contributed by atoms with Crippen LogP contribution in [0.1, 0.15) is 29.6 Å². The maximum atomic E-state index is 13.5. The lowest BCUT2D eigenvalue weighted by Crippen LogP contribution is -2.41. The number of nitrogens with one attached hydrogen (secondary N) is 1. The van der Waals surface area contributed by atoms with E-state index in [0.717, 1.165) is 16.9 Å². The molecule has 10 nitrogen and oxygen atoms in total. The normalized spacial score (nSPS) is 16.7. The highest BCUT2D eigenvalue weighted by atomic mass is 16.6. The summed E-state index contributed by atoms with van der Waals surface area (Å²) in [5, 5.41) is 26.2. The molecule has 0 spiro atoms. The molecule has 10 heteroatoms. The van der Waals surface area contributed by atoms with Gasteiger partial charge in [-0.25, -0.2) is 4.79 Å². The number of carbonyl (C=O) groups excluding carboxylic acids is 1. The van der Waals surface area contributed by atoms with Crippen molar-refractivity contribution in [2.45, 2.75) is 18.5 Å². The second-order valence-corrected chi connectivity index (χ2v) is 9.44. The van der Waals surface area contributed by atoms with E-state index in [2.05, 4.69) is 10.2 Å². The molecule has 4 aromatic carbocycles. The second kappa shape index (κ2) is 11.7. The molecule has 0 aromatic heterocycles. The third-order valence-electron chi connectivity index (χ3n) is 7.05. The van der Waals surface area contributed by atoms with Crippen molar-refractivity contribution < 1.29 is 19.4 Å². The van der Waals surface area contributed by atoms with Gasteiger partial charge in [-0.1, -0.05) is 48.5 Å². The molecule has 0 aliphatic carbocycles. The summed E-state index contributed by atoms with van der Waals surface area (Å²) in [4.78, 5) is 37.5. The molecular weight excluding hydrogens is 524 g/mol. The largest absolute Gasteiger partial charge is 0.466 e. The van der Waals surface area contributed by atoms with Crippen LogP contribution in [-0.4, -0.2) is 22.9 Å². The molecule has 206 valence electrons. The Balaban J connectivity index is 1.76. The number of hydrogen-bond donors (Lipinski definition) is 1. The third kappa shape index (κ3) is 5.62. The van der Waals surface area contributed by atoms with Crippen molar-refractivity contribution in [1.29, 1.82) is 0 Å². The summed E-state index contributed by atoms with van der Waals surface area (Å²) in [6, 6.07) is 30.3. The Hall–Kier alpha value is -5.51. The molecule has 0 unspecified atom stereocenters. The van der Waals surface area contributed by atoms with Gasteiger partial charge in [0.25, 0.3) is 11.4 Å². The fourth-order valence-electron chi connectivity index (χ4n) is 5.18. The SMILES string of the molecule is COC(=O)C1=C(Nc2ccccc2)C[C@@H](c2ccc([N+](=O)[O-])cc2)N(c2ccccc2)[C@@H]1c1ccc([N+](=O)[O-])cc1. The van der Waals surface area contributed by atoms with Gasteiger partial charge in [-0.15, -0.1) is 0 Å². The highest BCUT2D eigenvalue weighted by Crippen LogP contribution is 2.48. The van der Waals surface area contributed by atoms with Crippen LogP contribution in [0, 0.1) is 20.2 Å². The molecule has 1 aliphatic rings. The zero-order valence-corrected chi connectivity index (χ0v) is 22.0. The molecule has 0 amide bonds. The van der Waals surface area contributed by atoms with Crippen LogP contribution >= 0.6 is 0 Å². The van der Waals surface area contributed by atoms with E-state index in [1.807, 2.05) is 60.7 Å². The Bertz CT molecular complexity index is 1590. The zero-order valence-electron chi connectivity index (χ0n) is 22.0. The number of ether oxygens (including phenoxy) is 1. The van der Waals surface area contributed by atoms with Gasteiger partial charge in [0, 0.05) is 47.8 Å². The minimum absolute atomic E-state index is 0.0313. The lowest BCUT2D eigenvalue weighted by atomic mass is 9.84. The average molecular weight is 551 g/mol. The summed E-state index contributed by atoms with van der Waals surface area (Å²) in [5.74, 6) is -0.546. The summed E-state index contributed by atoms with van der Waals surface area (Å²) in [5.41, 5.74) is 3.85. The number of hydrogen-bond acceptors (Lipinski definition) is 8. The van der Waals surface area contributed by atoms with E-state index < -0.39 is 21.9 Å². The number of nitrogens with zero attached hydrogens (tertiary/aromatic N) is 3. The van der Waals surface area contributed by atoms with E-state index in [4.69, 9.17) is 4.74 Å². The predicted molar refractivity (Wildman–Crippen MR) is 154 cm³/mol. The number of methoxy groups -OCH3 is 1. The van der Waals surface area contributed by atoms with Gasteiger partial charge < -0.3 is 15.0 Å². The van der Waals surface area contributed by atoms with E-state index in [1.54, 1.807) is 24.3 Å². The lowest BCUT2D eigenvalue weighted by molar-refractivity contribution is -0.385. The van der Waals surface area contributed by atoms with Crippen molar-refractivity contribution in [1.82, 2.24) is 0 Å². The van der Waals surface area contributed by atoms with Gasteiger partial charge in [-0.05, 0) is 47.5 Å². The van der Waals surface area contributed by atoms with Gasteiger partial charge in [-0.3, -0.25) is 20.2 Å². The number of anilines is 2. The smallest absolute Gasteiger partial charge is 0.337 e. The molecule has 41 heavy (non-hydrogen) atoms. The summed E-state index contributed by atoms with van der Waals surface area (Å²) in [6.45, 7) is 0. The van der Waals surface area contributed by atoms with Gasteiger partial charge in [0.2, 0.25) is 0 Å².